The molecule has 0 atom stereocenters. The molecule has 0 saturated carbocycles. The van der Waals surface area contributed by atoms with Crippen LogP contribution in [0.3, 0.4) is 0 Å². The Morgan fingerprint density at radius 3 is 2.53 bits per heavy atom. The monoisotopic (exact) mass is 298 g/mol. The largest absolute Gasteiger partial charge is 0.384 e. The van der Waals surface area contributed by atoms with Gasteiger partial charge in [0.2, 0.25) is 0 Å². The van der Waals surface area contributed by atoms with Crippen molar-refractivity contribution in [2.75, 3.05) is 5.73 Å². The predicted molar refractivity (Wildman–Crippen MR) is 75.3 cm³/mol. The summed E-state index contributed by atoms with van der Waals surface area (Å²) in [5.41, 5.74) is 6.94. The van der Waals surface area contributed by atoms with Gasteiger partial charge in [0.15, 0.2) is 0 Å². The third-order valence-corrected chi connectivity index (χ3v) is 3.06. The number of nitrogens with two attached hydrogens (primary N) is 1. The van der Waals surface area contributed by atoms with Crippen molar-refractivity contribution < 1.29 is 4.79 Å². The average molecular weight is 299 g/mol. The van der Waals surface area contributed by atoms with Crippen LogP contribution in [-0.4, -0.2) is 15.7 Å². The number of carbonyl (C=O) groups is 1. The molecule has 0 aliphatic rings. The van der Waals surface area contributed by atoms with Crippen LogP contribution in [0.25, 0.3) is 0 Å². The van der Waals surface area contributed by atoms with E-state index in [4.69, 9.17) is 28.9 Å². The van der Waals surface area contributed by atoms with E-state index in [1.54, 1.807) is 31.4 Å². The molecule has 2 aromatic rings. The minimum atomic E-state index is -0.271. The second-order valence-corrected chi connectivity index (χ2v) is 4.89. The third-order valence-electron chi connectivity index (χ3n) is 2.63. The zero-order valence-corrected chi connectivity index (χ0v) is 11.7. The number of hydrogen-bond donors (Lipinski definition) is 2. The zero-order chi connectivity index (χ0) is 14.0. The maximum absolute atomic E-state index is 11.9. The smallest absolute Gasteiger partial charge is 0.251 e. The Balaban J connectivity index is 2.07. The molecule has 2 rings (SSSR count). The Labute approximate surface area is 120 Å². The third kappa shape index (κ3) is 3.19. The molecule has 5 nitrogen and oxygen atoms in total. The highest BCUT2D eigenvalue weighted by atomic mass is 35.5. The molecule has 0 spiro atoms. The second-order valence-electron chi connectivity index (χ2n) is 4.02. The van der Waals surface area contributed by atoms with Gasteiger partial charge in [0.05, 0.1) is 6.20 Å². The topological polar surface area (TPSA) is 72.9 Å². The van der Waals surface area contributed by atoms with E-state index in [0.717, 1.165) is 5.56 Å². The number of hydrogen-bond acceptors (Lipinski definition) is 3. The van der Waals surface area contributed by atoms with Crippen LogP contribution in [0.1, 0.15) is 15.9 Å². The van der Waals surface area contributed by atoms with E-state index in [-0.39, 0.29) is 5.91 Å². The number of nitrogens with zero attached hydrogens (tertiary/aromatic N) is 2. The number of rotatable bonds is 3. The number of nitrogen functional groups attached to an aromatic ring is 1. The molecule has 0 aliphatic heterocycles. The van der Waals surface area contributed by atoms with Gasteiger partial charge in [0.25, 0.3) is 5.91 Å². The van der Waals surface area contributed by atoms with Gasteiger partial charge in [-0.3, -0.25) is 9.48 Å². The molecule has 1 aromatic heterocycles. The minimum absolute atomic E-state index is 0.271. The number of benzene rings is 1. The van der Waals surface area contributed by atoms with E-state index >= 15 is 0 Å². The molecule has 100 valence electrons. The van der Waals surface area contributed by atoms with Gasteiger partial charge in [0, 0.05) is 34.8 Å². The fourth-order valence-corrected chi connectivity index (χ4v) is 2.12. The van der Waals surface area contributed by atoms with Crippen molar-refractivity contribution in [1.29, 1.82) is 0 Å². The molecular formula is C12H12Cl2N4O. The number of carbonyl (C=O) groups excluding carboxylic acids is 1. The molecule has 3 N–H and O–H groups in total. The van der Waals surface area contributed by atoms with Gasteiger partial charge in [-0.05, 0) is 18.2 Å². The van der Waals surface area contributed by atoms with Crippen LogP contribution in [0.2, 0.25) is 10.0 Å². The molecule has 0 saturated heterocycles. The van der Waals surface area contributed by atoms with Crippen LogP contribution in [0.5, 0.6) is 0 Å². The molecule has 0 bridgehead atoms. The van der Waals surface area contributed by atoms with Crippen molar-refractivity contribution in [3.05, 3.63) is 45.6 Å². The quantitative estimate of drug-likeness (QED) is 0.913. The normalized spacial score (nSPS) is 10.5. The van der Waals surface area contributed by atoms with Gasteiger partial charge in [-0.1, -0.05) is 23.2 Å². The highest BCUT2D eigenvalue weighted by Gasteiger charge is 2.10. The zero-order valence-electron chi connectivity index (χ0n) is 10.2. The Hall–Kier alpha value is -1.72. The molecular weight excluding hydrogens is 287 g/mol. The van der Waals surface area contributed by atoms with Crippen LogP contribution < -0.4 is 11.1 Å². The minimum Gasteiger partial charge on any atom is -0.384 e. The van der Waals surface area contributed by atoms with Crippen molar-refractivity contribution in [2.24, 2.45) is 7.05 Å². The number of nitrogens with one attached hydrogen (secondary N) is 1. The van der Waals surface area contributed by atoms with E-state index in [2.05, 4.69) is 10.4 Å². The lowest BCUT2D eigenvalue weighted by Gasteiger charge is -2.06. The number of halogens is 2. The first-order chi connectivity index (χ1) is 8.97. The Bertz CT molecular complexity index is 604. The second kappa shape index (κ2) is 5.50. The molecule has 1 heterocycles. The van der Waals surface area contributed by atoms with E-state index < -0.39 is 0 Å². The number of amides is 1. The van der Waals surface area contributed by atoms with Crippen molar-refractivity contribution >= 4 is 34.9 Å². The highest BCUT2D eigenvalue weighted by molar-refractivity contribution is 6.35. The summed E-state index contributed by atoms with van der Waals surface area (Å²) in [4.78, 5) is 11.9. The first kappa shape index (κ1) is 13.7. The molecule has 19 heavy (non-hydrogen) atoms. The summed E-state index contributed by atoms with van der Waals surface area (Å²) >= 11 is 11.7. The lowest BCUT2D eigenvalue weighted by atomic mass is 10.2. The van der Waals surface area contributed by atoms with Crippen molar-refractivity contribution in [3.63, 3.8) is 0 Å². The highest BCUT2D eigenvalue weighted by Crippen LogP contribution is 2.19. The van der Waals surface area contributed by atoms with Crippen LogP contribution in [0.15, 0.2) is 24.4 Å². The van der Waals surface area contributed by atoms with Crippen molar-refractivity contribution in [3.8, 4) is 0 Å². The summed E-state index contributed by atoms with van der Waals surface area (Å²) in [5.74, 6) is 0.247. The van der Waals surface area contributed by atoms with Crippen molar-refractivity contribution in [1.82, 2.24) is 15.1 Å². The summed E-state index contributed by atoms with van der Waals surface area (Å²) in [6.45, 7) is 0.294. The van der Waals surface area contributed by atoms with E-state index in [1.165, 1.54) is 4.68 Å². The van der Waals surface area contributed by atoms with Gasteiger partial charge < -0.3 is 11.1 Å². The van der Waals surface area contributed by atoms with Crippen LogP contribution >= 0.6 is 23.2 Å². The fraction of sp³-hybridized carbons (Fsp3) is 0.167. The summed E-state index contributed by atoms with van der Waals surface area (Å²) in [6.07, 6.45) is 1.61. The summed E-state index contributed by atoms with van der Waals surface area (Å²) in [5, 5.41) is 7.56. The number of aromatic nitrogens is 2. The van der Waals surface area contributed by atoms with E-state index in [1.807, 2.05) is 0 Å². The maximum atomic E-state index is 11.9. The van der Waals surface area contributed by atoms with Crippen LogP contribution in [-0.2, 0) is 13.6 Å². The molecule has 0 fully saturated rings. The van der Waals surface area contributed by atoms with Crippen LogP contribution in [0, 0.1) is 0 Å². The van der Waals surface area contributed by atoms with Crippen LogP contribution in [0.4, 0.5) is 5.82 Å². The molecule has 0 aliphatic carbocycles. The summed E-state index contributed by atoms with van der Waals surface area (Å²) in [6, 6.07) is 4.67. The lowest BCUT2D eigenvalue weighted by molar-refractivity contribution is 0.0951. The van der Waals surface area contributed by atoms with Crippen molar-refractivity contribution in [2.45, 2.75) is 6.54 Å². The van der Waals surface area contributed by atoms with Gasteiger partial charge in [-0.2, -0.15) is 5.10 Å². The number of aryl methyl sites for hydroxylation is 1. The molecule has 1 amide bonds. The molecule has 0 unspecified atom stereocenters. The van der Waals surface area contributed by atoms with E-state index in [0.29, 0.717) is 28.0 Å². The molecule has 0 radical (unpaired) electrons. The number of anilines is 1. The Kier molecular flexibility index (Phi) is 3.97. The first-order valence-electron chi connectivity index (χ1n) is 5.48. The summed E-state index contributed by atoms with van der Waals surface area (Å²) < 4.78 is 1.54. The molecule has 7 heteroatoms. The van der Waals surface area contributed by atoms with Gasteiger partial charge in [-0.25, -0.2) is 0 Å². The Morgan fingerprint density at radius 2 is 2.00 bits per heavy atom. The molecule has 1 aromatic carbocycles. The fourth-order valence-electron chi connectivity index (χ4n) is 1.59. The maximum Gasteiger partial charge on any atom is 0.251 e. The standard InChI is InChI=1S/C12H12Cl2N4O/c1-18-11(15)8(6-17-18)5-16-12(19)7-2-9(13)4-10(14)3-7/h2-4,6H,5,15H2,1H3,(H,16,19). The van der Waals surface area contributed by atoms with Gasteiger partial charge >= 0.3 is 0 Å². The SMILES string of the molecule is Cn1ncc(CNC(=O)c2cc(Cl)cc(Cl)c2)c1N. The van der Waals surface area contributed by atoms with Gasteiger partial charge in [0.1, 0.15) is 5.82 Å². The predicted octanol–water partition coefficient (Wildman–Crippen LogP) is 2.24. The Morgan fingerprint density at radius 1 is 1.37 bits per heavy atom. The first-order valence-corrected chi connectivity index (χ1v) is 6.23. The average Bonchev–Trinajstić information content (AvgIpc) is 2.66. The summed E-state index contributed by atoms with van der Waals surface area (Å²) in [7, 11) is 1.73. The van der Waals surface area contributed by atoms with E-state index in [9.17, 15) is 4.79 Å². The lowest BCUT2D eigenvalue weighted by Crippen LogP contribution is -2.23. The van der Waals surface area contributed by atoms with Gasteiger partial charge in [-0.15, -0.1) is 0 Å².